The van der Waals surface area contributed by atoms with E-state index in [1.165, 1.54) is 17.8 Å². The Morgan fingerprint density at radius 3 is 2.60 bits per heavy atom. The summed E-state index contributed by atoms with van der Waals surface area (Å²) in [6.45, 7) is 1.67. The van der Waals surface area contributed by atoms with E-state index < -0.39 is 17.0 Å². The van der Waals surface area contributed by atoms with Gasteiger partial charge in [-0.1, -0.05) is 0 Å². The van der Waals surface area contributed by atoms with Crippen LogP contribution in [0.1, 0.15) is 16.2 Å². The Bertz CT molecular complexity index is 372. The van der Waals surface area contributed by atoms with Crippen LogP contribution in [0.3, 0.4) is 0 Å². The van der Waals surface area contributed by atoms with Gasteiger partial charge in [-0.05, 0) is 24.8 Å². The average Bonchev–Trinajstić information content (AvgIpc) is 2.40. The summed E-state index contributed by atoms with van der Waals surface area (Å²) in [5.74, 6) is -1.18. The van der Waals surface area contributed by atoms with Crippen molar-refractivity contribution in [3.8, 4) is 0 Å². The second kappa shape index (κ2) is 4.26. The van der Waals surface area contributed by atoms with Crippen molar-refractivity contribution in [3.05, 3.63) is 17.5 Å². The molecular formula is C8H9F3N2OS. The van der Waals surface area contributed by atoms with E-state index in [1.807, 2.05) is 0 Å². The first-order valence-corrected chi connectivity index (χ1v) is 5.02. The molecule has 1 heterocycles. The Balaban J connectivity index is 2.66. The Labute approximate surface area is 88.6 Å². The molecule has 1 rings (SSSR count). The summed E-state index contributed by atoms with van der Waals surface area (Å²) in [6.07, 6.45) is 0. The molecule has 0 atom stereocenters. The van der Waals surface area contributed by atoms with Gasteiger partial charge in [0.25, 0.3) is 0 Å². The third-order valence-corrected chi connectivity index (χ3v) is 2.39. The predicted molar refractivity (Wildman–Crippen MR) is 50.8 cm³/mol. The van der Waals surface area contributed by atoms with Gasteiger partial charge in [-0.25, -0.2) is 0 Å². The second-order valence-electron chi connectivity index (χ2n) is 2.95. The zero-order valence-electron chi connectivity index (χ0n) is 8.13. The normalized spacial score (nSPS) is 11.8. The molecule has 0 bridgehead atoms. The first-order chi connectivity index (χ1) is 6.79. The number of halogens is 3. The molecule has 1 aromatic heterocycles. The molecule has 0 amide bonds. The number of alkyl halides is 3. The van der Waals surface area contributed by atoms with Crippen LogP contribution in [-0.2, 0) is 7.05 Å². The van der Waals surface area contributed by atoms with Crippen molar-refractivity contribution < 1.29 is 18.0 Å². The van der Waals surface area contributed by atoms with E-state index in [4.69, 9.17) is 0 Å². The lowest BCUT2D eigenvalue weighted by Crippen LogP contribution is -2.12. The van der Waals surface area contributed by atoms with Gasteiger partial charge in [0.05, 0.1) is 11.4 Å². The van der Waals surface area contributed by atoms with Crippen LogP contribution in [0, 0.1) is 6.92 Å². The van der Waals surface area contributed by atoms with Gasteiger partial charge in [-0.15, -0.1) is 0 Å². The van der Waals surface area contributed by atoms with E-state index in [0.29, 0.717) is 5.69 Å². The molecule has 1 aromatic rings. The van der Waals surface area contributed by atoms with E-state index in [9.17, 15) is 18.0 Å². The lowest BCUT2D eigenvalue weighted by molar-refractivity contribution is -0.0327. The molecule has 0 saturated heterocycles. The predicted octanol–water partition coefficient (Wildman–Crippen LogP) is 2.16. The van der Waals surface area contributed by atoms with Crippen molar-refractivity contribution >= 4 is 17.5 Å². The summed E-state index contributed by atoms with van der Waals surface area (Å²) >= 11 is -0.336. The van der Waals surface area contributed by atoms with E-state index >= 15 is 0 Å². The van der Waals surface area contributed by atoms with Crippen molar-refractivity contribution in [2.24, 2.45) is 7.05 Å². The van der Waals surface area contributed by atoms with E-state index in [2.05, 4.69) is 5.10 Å². The lowest BCUT2D eigenvalue weighted by atomic mass is 10.3. The fourth-order valence-electron chi connectivity index (χ4n) is 1.09. The molecule has 7 heteroatoms. The highest BCUT2D eigenvalue weighted by Crippen LogP contribution is 2.30. The number of hydrogen-bond acceptors (Lipinski definition) is 3. The summed E-state index contributed by atoms with van der Waals surface area (Å²) in [5, 5.41) is 3.88. The van der Waals surface area contributed by atoms with E-state index in [1.54, 1.807) is 6.92 Å². The number of rotatable bonds is 3. The van der Waals surface area contributed by atoms with Gasteiger partial charge in [0.1, 0.15) is 5.69 Å². The van der Waals surface area contributed by atoms with Crippen LogP contribution in [0.5, 0.6) is 0 Å². The van der Waals surface area contributed by atoms with E-state index in [0.717, 1.165) is 0 Å². The maximum Gasteiger partial charge on any atom is 0.442 e. The molecule has 84 valence electrons. The number of aryl methyl sites for hydroxylation is 2. The highest BCUT2D eigenvalue weighted by atomic mass is 32.2. The molecule has 0 aromatic carbocycles. The van der Waals surface area contributed by atoms with Crippen molar-refractivity contribution in [2.45, 2.75) is 12.4 Å². The fourth-order valence-corrected chi connectivity index (χ4v) is 1.54. The molecule has 0 spiro atoms. The molecule has 0 aliphatic heterocycles. The van der Waals surface area contributed by atoms with Crippen molar-refractivity contribution in [1.29, 1.82) is 0 Å². The molecule has 3 nitrogen and oxygen atoms in total. The topological polar surface area (TPSA) is 34.9 Å². The van der Waals surface area contributed by atoms with Gasteiger partial charge in [0.15, 0.2) is 5.78 Å². The number of ketones is 1. The van der Waals surface area contributed by atoms with Crippen LogP contribution in [0.25, 0.3) is 0 Å². The first kappa shape index (κ1) is 12.1. The fraction of sp³-hybridized carbons (Fsp3) is 0.500. The summed E-state index contributed by atoms with van der Waals surface area (Å²) in [7, 11) is 1.53. The average molecular weight is 238 g/mol. The Morgan fingerprint density at radius 1 is 1.60 bits per heavy atom. The van der Waals surface area contributed by atoms with Crippen molar-refractivity contribution in [1.82, 2.24) is 9.78 Å². The Kier molecular flexibility index (Phi) is 3.43. The van der Waals surface area contributed by atoms with Crippen LogP contribution in [0.15, 0.2) is 6.07 Å². The van der Waals surface area contributed by atoms with Crippen LogP contribution in [0.4, 0.5) is 13.2 Å². The number of Topliss-reactive ketones (excluding diaryl/α,β-unsaturated/α-hetero) is 1. The van der Waals surface area contributed by atoms with Gasteiger partial charge in [0.2, 0.25) is 0 Å². The molecule has 0 aliphatic carbocycles. The third kappa shape index (κ3) is 3.58. The molecule has 15 heavy (non-hydrogen) atoms. The van der Waals surface area contributed by atoms with Gasteiger partial charge in [-0.3, -0.25) is 9.48 Å². The number of hydrogen-bond donors (Lipinski definition) is 0. The minimum absolute atomic E-state index is 0.198. The van der Waals surface area contributed by atoms with Crippen LogP contribution < -0.4 is 0 Å². The second-order valence-corrected chi connectivity index (χ2v) is 3.99. The largest absolute Gasteiger partial charge is 0.442 e. The summed E-state index contributed by atoms with van der Waals surface area (Å²) < 4.78 is 36.8. The van der Waals surface area contributed by atoms with Crippen LogP contribution in [0.2, 0.25) is 0 Å². The number of carbonyl (C=O) groups excluding carboxylic acids is 1. The van der Waals surface area contributed by atoms with Crippen LogP contribution >= 0.6 is 11.8 Å². The van der Waals surface area contributed by atoms with E-state index in [-0.39, 0.29) is 17.5 Å². The SMILES string of the molecule is Cc1cc(C(=O)CSC(F)(F)F)n(C)n1. The van der Waals surface area contributed by atoms with Gasteiger partial charge in [-0.2, -0.15) is 18.3 Å². The zero-order valence-corrected chi connectivity index (χ0v) is 8.95. The highest BCUT2D eigenvalue weighted by molar-refractivity contribution is 8.00. The first-order valence-electron chi connectivity index (χ1n) is 4.04. The molecule has 0 N–H and O–H groups in total. The lowest BCUT2D eigenvalue weighted by Gasteiger charge is -2.04. The number of nitrogens with zero attached hydrogens (tertiary/aromatic N) is 2. The number of carbonyl (C=O) groups is 1. The minimum atomic E-state index is -4.37. The molecule has 0 aliphatic rings. The molecule has 0 fully saturated rings. The molecule has 0 radical (unpaired) electrons. The highest BCUT2D eigenvalue weighted by Gasteiger charge is 2.29. The van der Waals surface area contributed by atoms with Crippen molar-refractivity contribution in [3.63, 3.8) is 0 Å². The summed E-state index contributed by atoms with van der Waals surface area (Å²) in [5.41, 5.74) is -3.56. The van der Waals surface area contributed by atoms with Gasteiger partial charge < -0.3 is 0 Å². The third-order valence-electron chi connectivity index (χ3n) is 1.65. The maximum absolute atomic E-state index is 11.8. The van der Waals surface area contributed by atoms with Gasteiger partial charge >= 0.3 is 5.51 Å². The standard InChI is InChI=1S/C8H9F3N2OS/c1-5-3-6(13(2)12-5)7(14)4-15-8(9,10)11/h3H,4H2,1-2H3. The monoisotopic (exact) mass is 238 g/mol. The summed E-state index contributed by atoms with van der Waals surface area (Å²) in [6, 6.07) is 1.47. The smallest absolute Gasteiger partial charge is 0.292 e. The maximum atomic E-state index is 11.8. The van der Waals surface area contributed by atoms with Crippen LogP contribution in [-0.4, -0.2) is 26.8 Å². The minimum Gasteiger partial charge on any atom is -0.292 e. The Hall–Kier alpha value is -0.980. The zero-order chi connectivity index (χ0) is 11.6. The van der Waals surface area contributed by atoms with Gasteiger partial charge in [0, 0.05) is 7.05 Å². The number of aromatic nitrogens is 2. The molecule has 0 unspecified atom stereocenters. The summed E-state index contributed by atoms with van der Waals surface area (Å²) in [4.78, 5) is 11.3. The van der Waals surface area contributed by atoms with Crippen molar-refractivity contribution in [2.75, 3.05) is 5.75 Å². The quantitative estimate of drug-likeness (QED) is 0.757. The number of thioether (sulfide) groups is 1. The molecular weight excluding hydrogens is 229 g/mol. The Morgan fingerprint density at radius 2 is 2.20 bits per heavy atom. The molecule has 0 saturated carbocycles.